The van der Waals surface area contributed by atoms with Crippen molar-refractivity contribution in [3.8, 4) is 5.75 Å². The van der Waals surface area contributed by atoms with Gasteiger partial charge >= 0.3 is 5.97 Å². The summed E-state index contributed by atoms with van der Waals surface area (Å²) in [6, 6.07) is 4.89. The van der Waals surface area contributed by atoms with E-state index in [0.717, 1.165) is 0 Å². The lowest BCUT2D eigenvalue weighted by atomic mass is 10.2. The Bertz CT molecular complexity index is 416. The molecule has 0 unspecified atom stereocenters. The normalized spacial score (nSPS) is 9.62. The molecule has 0 spiro atoms. The number of anilines is 2. The van der Waals surface area contributed by atoms with Gasteiger partial charge in [0.25, 0.3) is 0 Å². The third-order valence-corrected chi connectivity index (χ3v) is 1.86. The third-order valence-electron chi connectivity index (χ3n) is 1.86. The van der Waals surface area contributed by atoms with Crippen LogP contribution >= 0.6 is 0 Å². The first-order chi connectivity index (χ1) is 7.54. The minimum Gasteiger partial charge on any atom is -0.422 e. The molecule has 0 bridgehead atoms. The van der Waals surface area contributed by atoms with E-state index in [9.17, 15) is 9.59 Å². The molecule has 1 aromatic carbocycles. The summed E-state index contributed by atoms with van der Waals surface area (Å²) in [5.41, 5.74) is 6.38. The summed E-state index contributed by atoms with van der Waals surface area (Å²) in [4.78, 5) is 22.1. The molecule has 1 amide bonds. The van der Waals surface area contributed by atoms with Crippen molar-refractivity contribution in [2.75, 3.05) is 11.1 Å². The molecule has 0 aliphatic rings. The van der Waals surface area contributed by atoms with Crippen LogP contribution in [0.2, 0.25) is 0 Å². The summed E-state index contributed by atoms with van der Waals surface area (Å²) in [5.74, 6) is -0.451. The topological polar surface area (TPSA) is 81.4 Å². The summed E-state index contributed by atoms with van der Waals surface area (Å²) in [5, 5.41) is 2.55. The van der Waals surface area contributed by atoms with E-state index in [1.54, 1.807) is 25.1 Å². The number of ether oxygens (including phenoxy) is 1. The molecule has 5 nitrogen and oxygen atoms in total. The Morgan fingerprint density at radius 3 is 2.69 bits per heavy atom. The Balaban J connectivity index is 3.03. The average Bonchev–Trinajstić information content (AvgIpc) is 2.22. The number of carbonyl (C=O) groups excluding carboxylic acids is 2. The quantitative estimate of drug-likeness (QED) is 0.461. The van der Waals surface area contributed by atoms with Gasteiger partial charge in [-0.15, -0.1) is 0 Å². The lowest BCUT2D eigenvalue weighted by Crippen LogP contribution is -2.12. The van der Waals surface area contributed by atoms with Crippen molar-refractivity contribution < 1.29 is 14.3 Å². The average molecular weight is 222 g/mol. The Hall–Kier alpha value is -2.04. The van der Waals surface area contributed by atoms with Gasteiger partial charge in [-0.1, -0.05) is 13.0 Å². The molecule has 0 saturated heterocycles. The van der Waals surface area contributed by atoms with Crippen molar-refractivity contribution in [3.63, 3.8) is 0 Å². The van der Waals surface area contributed by atoms with Crippen molar-refractivity contribution in [2.24, 2.45) is 0 Å². The van der Waals surface area contributed by atoms with Crippen LogP contribution in [0, 0.1) is 0 Å². The second-order valence-corrected chi connectivity index (χ2v) is 3.23. The Kier molecular flexibility index (Phi) is 3.88. The van der Waals surface area contributed by atoms with Gasteiger partial charge in [-0.3, -0.25) is 9.59 Å². The zero-order valence-corrected chi connectivity index (χ0v) is 9.24. The van der Waals surface area contributed by atoms with Crippen molar-refractivity contribution in [3.05, 3.63) is 18.2 Å². The van der Waals surface area contributed by atoms with Crippen LogP contribution in [-0.4, -0.2) is 11.9 Å². The second kappa shape index (κ2) is 5.16. The van der Waals surface area contributed by atoms with Gasteiger partial charge in [-0.25, -0.2) is 0 Å². The van der Waals surface area contributed by atoms with E-state index in [4.69, 9.17) is 10.5 Å². The molecule has 1 rings (SSSR count). The molecule has 0 radical (unpaired) electrons. The van der Waals surface area contributed by atoms with Gasteiger partial charge in [-0.2, -0.15) is 0 Å². The molecule has 1 aromatic rings. The number of hydrogen-bond donors (Lipinski definition) is 2. The van der Waals surface area contributed by atoms with Gasteiger partial charge in [0.05, 0.1) is 11.4 Å². The SMILES string of the molecule is CCC(=O)Oc1c(N)cccc1NC(C)=O. The number of nitrogens with two attached hydrogens (primary N) is 1. The monoisotopic (exact) mass is 222 g/mol. The predicted octanol–water partition coefficient (Wildman–Crippen LogP) is 1.54. The van der Waals surface area contributed by atoms with E-state index in [1.807, 2.05) is 0 Å². The van der Waals surface area contributed by atoms with Gasteiger partial charge in [0.2, 0.25) is 5.91 Å². The number of benzene rings is 1. The molecule has 5 heteroatoms. The van der Waals surface area contributed by atoms with E-state index in [2.05, 4.69) is 5.32 Å². The zero-order chi connectivity index (χ0) is 12.1. The summed E-state index contributed by atoms with van der Waals surface area (Å²) < 4.78 is 5.05. The first-order valence-corrected chi connectivity index (χ1v) is 4.91. The molecule has 0 aliphatic heterocycles. The van der Waals surface area contributed by atoms with Crippen LogP contribution in [0.1, 0.15) is 20.3 Å². The highest BCUT2D eigenvalue weighted by Crippen LogP contribution is 2.31. The smallest absolute Gasteiger partial charge is 0.311 e. The first kappa shape index (κ1) is 12.0. The molecule has 0 saturated carbocycles. The molecular weight excluding hydrogens is 208 g/mol. The number of para-hydroxylation sites is 1. The molecule has 0 aliphatic carbocycles. The van der Waals surface area contributed by atoms with E-state index in [0.29, 0.717) is 11.4 Å². The maximum atomic E-state index is 11.2. The van der Waals surface area contributed by atoms with Crippen molar-refractivity contribution >= 4 is 23.3 Å². The van der Waals surface area contributed by atoms with Crippen molar-refractivity contribution in [2.45, 2.75) is 20.3 Å². The first-order valence-electron chi connectivity index (χ1n) is 4.91. The Morgan fingerprint density at radius 1 is 1.44 bits per heavy atom. The Morgan fingerprint density at radius 2 is 2.12 bits per heavy atom. The fraction of sp³-hybridized carbons (Fsp3) is 0.273. The Labute approximate surface area is 93.6 Å². The van der Waals surface area contributed by atoms with Gasteiger partial charge in [-0.05, 0) is 12.1 Å². The highest BCUT2D eigenvalue weighted by molar-refractivity contribution is 5.92. The van der Waals surface area contributed by atoms with Crippen molar-refractivity contribution in [1.29, 1.82) is 0 Å². The van der Waals surface area contributed by atoms with Crippen LogP contribution in [-0.2, 0) is 9.59 Å². The van der Waals surface area contributed by atoms with Gasteiger partial charge in [0.15, 0.2) is 5.75 Å². The number of carbonyl (C=O) groups is 2. The lowest BCUT2D eigenvalue weighted by molar-refractivity contribution is -0.134. The summed E-state index contributed by atoms with van der Waals surface area (Å²) in [6.07, 6.45) is 0.244. The number of esters is 1. The number of hydrogen-bond acceptors (Lipinski definition) is 4. The molecule has 0 atom stereocenters. The molecule has 86 valence electrons. The van der Waals surface area contributed by atoms with Crippen molar-refractivity contribution in [1.82, 2.24) is 0 Å². The predicted molar refractivity (Wildman–Crippen MR) is 61.1 cm³/mol. The third kappa shape index (κ3) is 2.98. The van der Waals surface area contributed by atoms with Crippen LogP contribution in [0.25, 0.3) is 0 Å². The molecule has 0 heterocycles. The van der Waals surface area contributed by atoms with Crippen LogP contribution in [0.3, 0.4) is 0 Å². The lowest BCUT2D eigenvalue weighted by Gasteiger charge is -2.11. The van der Waals surface area contributed by atoms with Crippen LogP contribution < -0.4 is 15.8 Å². The fourth-order valence-corrected chi connectivity index (χ4v) is 1.14. The highest BCUT2D eigenvalue weighted by atomic mass is 16.5. The number of amides is 1. The van der Waals surface area contributed by atoms with Gasteiger partial charge < -0.3 is 15.8 Å². The fourth-order valence-electron chi connectivity index (χ4n) is 1.14. The van der Waals surface area contributed by atoms with Gasteiger partial charge in [0.1, 0.15) is 0 Å². The molecular formula is C11H14N2O3. The number of nitrogens with one attached hydrogen (secondary N) is 1. The van der Waals surface area contributed by atoms with E-state index < -0.39 is 5.97 Å². The molecule has 0 aromatic heterocycles. The highest BCUT2D eigenvalue weighted by Gasteiger charge is 2.12. The van der Waals surface area contributed by atoms with E-state index in [-0.39, 0.29) is 18.1 Å². The second-order valence-electron chi connectivity index (χ2n) is 3.23. The molecule has 16 heavy (non-hydrogen) atoms. The molecule has 3 N–H and O–H groups in total. The minimum absolute atomic E-state index is 0.199. The standard InChI is InChI=1S/C11H14N2O3/c1-3-10(15)16-11-8(12)5-4-6-9(11)13-7(2)14/h4-6H,3,12H2,1-2H3,(H,13,14). The van der Waals surface area contributed by atoms with E-state index >= 15 is 0 Å². The maximum Gasteiger partial charge on any atom is 0.311 e. The molecule has 0 fully saturated rings. The summed E-state index contributed by atoms with van der Waals surface area (Å²) >= 11 is 0. The van der Waals surface area contributed by atoms with Crippen LogP contribution in [0.15, 0.2) is 18.2 Å². The minimum atomic E-state index is -0.399. The maximum absolute atomic E-state index is 11.2. The number of nitrogen functional groups attached to an aromatic ring is 1. The zero-order valence-electron chi connectivity index (χ0n) is 9.24. The van der Waals surface area contributed by atoms with Crippen LogP contribution in [0.5, 0.6) is 5.75 Å². The largest absolute Gasteiger partial charge is 0.422 e. The van der Waals surface area contributed by atoms with E-state index in [1.165, 1.54) is 6.92 Å². The van der Waals surface area contributed by atoms with Crippen LogP contribution in [0.4, 0.5) is 11.4 Å². The summed E-state index contributed by atoms with van der Waals surface area (Å²) in [7, 11) is 0. The van der Waals surface area contributed by atoms with Gasteiger partial charge in [0, 0.05) is 13.3 Å². The summed E-state index contributed by atoms with van der Waals surface area (Å²) in [6.45, 7) is 3.05. The number of rotatable bonds is 3.